The summed E-state index contributed by atoms with van der Waals surface area (Å²) in [6.07, 6.45) is -3.48. The van der Waals surface area contributed by atoms with E-state index in [0.29, 0.717) is 11.4 Å². The maximum Gasteiger partial charge on any atom is 0.573 e. The number of hydrogen-bond donors (Lipinski definition) is 0. The van der Waals surface area contributed by atoms with Crippen LogP contribution in [0.2, 0.25) is 0 Å². The van der Waals surface area contributed by atoms with E-state index in [1.165, 1.54) is 37.6 Å². The first-order chi connectivity index (χ1) is 13.3. The van der Waals surface area contributed by atoms with Gasteiger partial charge in [0.25, 0.3) is 5.89 Å². The van der Waals surface area contributed by atoms with E-state index in [2.05, 4.69) is 19.9 Å². The standard InChI is InChI=1S/C17H12F3N3O5/c1-25-13-7-4-11(8-21-13)16(24)26-9-14-22-15(23-28-14)10-2-5-12(6-3-10)27-17(18,19)20/h2-8H,9H2,1H3. The quantitative estimate of drug-likeness (QED) is 0.586. The molecule has 0 saturated heterocycles. The summed E-state index contributed by atoms with van der Waals surface area (Å²) in [6.45, 7) is -0.285. The lowest BCUT2D eigenvalue weighted by atomic mass is 10.2. The normalized spacial score (nSPS) is 11.1. The van der Waals surface area contributed by atoms with Crippen molar-refractivity contribution in [1.29, 1.82) is 0 Å². The third-order valence-corrected chi connectivity index (χ3v) is 3.32. The van der Waals surface area contributed by atoms with Gasteiger partial charge in [0.15, 0.2) is 6.61 Å². The monoisotopic (exact) mass is 395 g/mol. The van der Waals surface area contributed by atoms with Crippen molar-refractivity contribution in [2.45, 2.75) is 13.0 Å². The van der Waals surface area contributed by atoms with Crippen molar-refractivity contribution in [1.82, 2.24) is 15.1 Å². The van der Waals surface area contributed by atoms with Crippen molar-refractivity contribution in [3.8, 4) is 23.0 Å². The van der Waals surface area contributed by atoms with Crippen molar-refractivity contribution in [3.63, 3.8) is 0 Å². The molecule has 0 N–H and O–H groups in total. The van der Waals surface area contributed by atoms with Gasteiger partial charge in [-0.05, 0) is 30.3 Å². The van der Waals surface area contributed by atoms with Gasteiger partial charge in [-0.15, -0.1) is 13.2 Å². The average Bonchev–Trinajstić information content (AvgIpc) is 3.14. The maximum atomic E-state index is 12.2. The number of alkyl halides is 3. The fraction of sp³-hybridized carbons (Fsp3) is 0.176. The average molecular weight is 395 g/mol. The van der Waals surface area contributed by atoms with Crippen LogP contribution in [0, 0.1) is 0 Å². The van der Waals surface area contributed by atoms with Crippen molar-refractivity contribution >= 4 is 5.97 Å². The number of hydrogen-bond acceptors (Lipinski definition) is 8. The van der Waals surface area contributed by atoms with Gasteiger partial charge in [-0.3, -0.25) is 0 Å². The highest BCUT2D eigenvalue weighted by Gasteiger charge is 2.31. The van der Waals surface area contributed by atoms with Crippen LogP contribution in [-0.2, 0) is 11.3 Å². The van der Waals surface area contributed by atoms with Crippen LogP contribution in [0.15, 0.2) is 47.1 Å². The zero-order valence-corrected chi connectivity index (χ0v) is 14.3. The van der Waals surface area contributed by atoms with Crippen LogP contribution >= 0.6 is 0 Å². The van der Waals surface area contributed by atoms with Crippen LogP contribution in [0.4, 0.5) is 13.2 Å². The number of carbonyl (C=O) groups excluding carboxylic acids is 1. The van der Waals surface area contributed by atoms with E-state index in [1.807, 2.05) is 0 Å². The number of nitrogens with zero attached hydrogens (tertiary/aromatic N) is 3. The van der Waals surface area contributed by atoms with E-state index < -0.39 is 12.3 Å². The SMILES string of the molecule is COc1ccc(C(=O)OCc2nc(-c3ccc(OC(F)(F)F)cc3)no2)cn1. The number of esters is 1. The second-order valence-electron chi connectivity index (χ2n) is 5.25. The number of benzene rings is 1. The highest BCUT2D eigenvalue weighted by molar-refractivity contribution is 5.89. The number of pyridine rings is 1. The predicted octanol–water partition coefficient (Wildman–Crippen LogP) is 3.40. The molecule has 0 spiro atoms. The maximum absolute atomic E-state index is 12.2. The summed E-state index contributed by atoms with van der Waals surface area (Å²) >= 11 is 0. The second-order valence-corrected chi connectivity index (χ2v) is 5.25. The summed E-state index contributed by atoms with van der Waals surface area (Å²) in [7, 11) is 1.45. The van der Waals surface area contributed by atoms with Crippen molar-refractivity contribution in [2.24, 2.45) is 0 Å². The molecule has 11 heteroatoms. The molecule has 0 radical (unpaired) electrons. The van der Waals surface area contributed by atoms with E-state index >= 15 is 0 Å². The molecule has 3 rings (SSSR count). The smallest absolute Gasteiger partial charge is 0.481 e. The summed E-state index contributed by atoms with van der Waals surface area (Å²) < 4.78 is 55.2. The summed E-state index contributed by atoms with van der Waals surface area (Å²) in [5.74, 6) is -0.536. The zero-order valence-electron chi connectivity index (χ0n) is 14.3. The number of aromatic nitrogens is 3. The van der Waals surface area contributed by atoms with Crippen molar-refractivity contribution in [2.75, 3.05) is 7.11 Å². The van der Waals surface area contributed by atoms with Gasteiger partial charge in [0.2, 0.25) is 11.7 Å². The van der Waals surface area contributed by atoms with Gasteiger partial charge < -0.3 is 18.7 Å². The molecule has 3 aromatic rings. The van der Waals surface area contributed by atoms with Gasteiger partial charge in [0, 0.05) is 17.8 Å². The zero-order chi connectivity index (χ0) is 20.1. The molecule has 28 heavy (non-hydrogen) atoms. The fourth-order valence-electron chi connectivity index (χ4n) is 2.07. The minimum atomic E-state index is -4.77. The summed E-state index contributed by atoms with van der Waals surface area (Å²) in [6, 6.07) is 7.91. The Morgan fingerprint density at radius 1 is 1.14 bits per heavy atom. The Balaban J connectivity index is 1.60. The largest absolute Gasteiger partial charge is 0.573 e. The second kappa shape index (κ2) is 7.94. The van der Waals surface area contributed by atoms with Crippen molar-refractivity contribution < 1.29 is 36.7 Å². The lowest BCUT2D eigenvalue weighted by molar-refractivity contribution is -0.274. The molecule has 0 unspecified atom stereocenters. The van der Waals surface area contributed by atoms with Gasteiger partial charge in [0.05, 0.1) is 12.7 Å². The Labute approximate surface area is 155 Å². The summed E-state index contributed by atoms with van der Waals surface area (Å²) in [4.78, 5) is 19.9. The Morgan fingerprint density at radius 3 is 2.50 bits per heavy atom. The van der Waals surface area contributed by atoms with Gasteiger partial charge in [-0.25, -0.2) is 9.78 Å². The first kappa shape index (κ1) is 19.1. The Bertz CT molecular complexity index is 940. The molecule has 0 fully saturated rings. The first-order valence-electron chi connectivity index (χ1n) is 7.70. The van der Waals surface area contributed by atoms with Gasteiger partial charge >= 0.3 is 12.3 Å². The Kier molecular flexibility index (Phi) is 5.43. The molecule has 0 saturated carbocycles. The predicted molar refractivity (Wildman–Crippen MR) is 86.3 cm³/mol. The Hall–Kier alpha value is -3.63. The molecular weight excluding hydrogens is 383 g/mol. The molecule has 0 amide bonds. The van der Waals surface area contributed by atoms with E-state index in [9.17, 15) is 18.0 Å². The van der Waals surface area contributed by atoms with Crippen molar-refractivity contribution in [3.05, 3.63) is 54.0 Å². The molecule has 0 aliphatic rings. The molecule has 0 aliphatic heterocycles. The Morgan fingerprint density at radius 2 is 1.89 bits per heavy atom. The molecular formula is C17H12F3N3O5. The highest BCUT2D eigenvalue weighted by Crippen LogP contribution is 2.25. The van der Waals surface area contributed by atoms with E-state index in [-0.39, 0.29) is 29.6 Å². The number of halogens is 3. The van der Waals surface area contributed by atoms with Crippen LogP contribution < -0.4 is 9.47 Å². The van der Waals surface area contributed by atoms with Gasteiger partial charge in [0.1, 0.15) is 5.75 Å². The third-order valence-electron chi connectivity index (χ3n) is 3.32. The van der Waals surface area contributed by atoms with Gasteiger partial charge in [-0.1, -0.05) is 5.16 Å². The molecule has 8 nitrogen and oxygen atoms in total. The van der Waals surface area contributed by atoms with E-state index in [4.69, 9.17) is 14.0 Å². The molecule has 0 bridgehead atoms. The van der Waals surface area contributed by atoms with E-state index in [0.717, 1.165) is 12.1 Å². The van der Waals surface area contributed by atoms with Crippen LogP contribution in [-0.4, -0.2) is 34.6 Å². The van der Waals surface area contributed by atoms with E-state index in [1.54, 1.807) is 0 Å². The number of carbonyl (C=O) groups is 1. The molecule has 1 aromatic carbocycles. The minimum Gasteiger partial charge on any atom is -0.481 e. The lowest BCUT2D eigenvalue weighted by Crippen LogP contribution is -2.16. The first-order valence-corrected chi connectivity index (χ1v) is 7.70. The minimum absolute atomic E-state index is 0.0143. The third kappa shape index (κ3) is 4.96. The van der Waals surface area contributed by atoms with Crippen LogP contribution in [0.1, 0.15) is 16.2 Å². The topological polar surface area (TPSA) is 96.6 Å². The molecule has 146 valence electrons. The van der Waals surface area contributed by atoms with Crippen LogP contribution in [0.3, 0.4) is 0 Å². The lowest BCUT2D eigenvalue weighted by Gasteiger charge is -2.08. The number of methoxy groups -OCH3 is 1. The fourth-order valence-corrected chi connectivity index (χ4v) is 2.07. The number of rotatable bonds is 6. The van der Waals surface area contributed by atoms with Crippen LogP contribution in [0.5, 0.6) is 11.6 Å². The summed E-state index contributed by atoms with van der Waals surface area (Å²) in [5.41, 5.74) is 0.607. The summed E-state index contributed by atoms with van der Waals surface area (Å²) in [5, 5.41) is 3.69. The molecule has 2 aromatic heterocycles. The molecule has 0 aliphatic carbocycles. The van der Waals surface area contributed by atoms with Gasteiger partial charge in [-0.2, -0.15) is 4.98 Å². The van der Waals surface area contributed by atoms with Crippen LogP contribution in [0.25, 0.3) is 11.4 Å². The number of ether oxygens (including phenoxy) is 3. The molecule has 2 heterocycles. The highest BCUT2D eigenvalue weighted by atomic mass is 19.4. The molecule has 0 atom stereocenters.